The monoisotopic (exact) mass is 241 g/mol. The molecule has 6 heteroatoms. The van der Waals surface area contributed by atoms with E-state index < -0.39 is 11.7 Å². The predicted octanol–water partition coefficient (Wildman–Crippen LogP) is 0.519. The van der Waals surface area contributed by atoms with Crippen molar-refractivity contribution in [2.75, 3.05) is 20.3 Å². The largest absolute Gasteiger partial charge is 0.485 e. The van der Waals surface area contributed by atoms with Gasteiger partial charge in [-0.15, -0.1) is 0 Å². The number of methoxy groups -OCH3 is 1. The second-order valence-electron chi connectivity index (χ2n) is 3.24. The second kappa shape index (κ2) is 5.95. The third kappa shape index (κ3) is 3.53. The highest BCUT2D eigenvalue weighted by molar-refractivity contribution is 5.96. The summed E-state index contributed by atoms with van der Waals surface area (Å²) < 4.78 is 22.9. The van der Waals surface area contributed by atoms with Crippen molar-refractivity contribution < 1.29 is 23.5 Å². The summed E-state index contributed by atoms with van der Waals surface area (Å²) in [7, 11) is 1.37. The molecular weight excluding hydrogens is 229 g/mol. The Morgan fingerprint density at radius 1 is 1.35 bits per heavy atom. The average molecular weight is 241 g/mol. The maximum atomic E-state index is 13.3. The van der Waals surface area contributed by atoms with Crippen LogP contribution >= 0.6 is 0 Å². The van der Waals surface area contributed by atoms with Gasteiger partial charge in [-0.3, -0.25) is 9.59 Å². The zero-order valence-electron chi connectivity index (χ0n) is 9.23. The zero-order chi connectivity index (χ0) is 12.8. The quantitative estimate of drug-likeness (QED) is 0.787. The van der Waals surface area contributed by atoms with Crippen molar-refractivity contribution in [1.29, 1.82) is 0 Å². The van der Waals surface area contributed by atoms with Crippen LogP contribution in [0.25, 0.3) is 0 Å². The minimum atomic E-state index is -0.947. The van der Waals surface area contributed by atoms with E-state index in [1.807, 2.05) is 0 Å². The number of halogens is 1. The molecule has 1 aromatic rings. The molecular formula is C11H12FNO4. The molecule has 0 atom stereocenters. The van der Waals surface area contributed by atoms with E-state index in [4.69, 9.17) is 10.5 Å². The van der Waals surface area contributed by atoms with Gasteiger partial charge in [-0.1, -0.05) is 6.07 Å². The minimum absolute atomic E-state index is 0.0537. The van der Waals surface area contributed by atoms with Crippen LogP contribution in [-0.4, -0.2) is 32.0 Å². The van der Waals surface area contributed by atoms with Crippen molar-refractivity contribution in [3.8, 4) is 5.75 Å². The number of ketones is 1. The van der Waals surface area contributed by atoms with Crippen LogP contribution in [-0.2, 0) is 9.53 Å². The fourth-order valence-electron chi connectivity index (χ4n) is 1.22. The van der Waals surface area contributed by atoms with Crippen LogP contribution in [0.4, 0.5) is 4.39 Å². The first-order valence-electron chi connectivity index (χ1n) is 4.78. The van der Waals surface area contributed by atoms with Crippen molar-refractivity contribution in [3.63, 3.8) is 0 Å². The number of rotatable bonds is 6. The van der Waals surface area contributed by atoms with E-state index in [0.29, 0.717) is 0 Å². The third-order valence-electron chi connectivity index (χ3n) is 1.92. The molecule has 17 heavy (non-hydrogen) atoms. The van der Waals surface area contributed by atoms with Crippen LogP contribution in [0.1, 0.15) is 10.4 Å². The lowest BCUT2D eigenvalue weighted by atomic mass is 10.2. The summed E-state index contributed by atoms with van der Waals surface area (Å²) in [6.45, 7) is -0.418. The van der Waals surface area contributed by atoms with Crippen molar-refractivity contribution in [3.05, 3.63) is 29.6 Å². The molecule has 0 heterocycles. The fourth-order valence-corrected chi connectivity index (χ4v) is 1.22. The summed E-state index contributed by atoms with van der Waals surface area (Å²) in [5.41, 5.74) is 4.65. The van der Waals surface area contributed by atoms with E-state index >= 15 is 0 Å². The Hall–Kier alpha value is -1.95. The van der Waals surface area contributed by atoms with E-state index in [-0.39, 0.29) is 30.3 Å². The highest BCUT2D eigenvalue weighted by Gasteiger charge is 2.15. The smallest absolute Gasteiger partial charge is 0.255 e. The van der Waals surface area contributed by atoms with E-state index in [1.165, 1.54) is 19.2 Å². The van der Waals surface area contributed by atoms with Gasteiger partial charge >= 0.3 is 0 Å². The normalized spacial score (nSPS) is 10.0. The molecule has 92 valence electrons. The van der Waals surface area contributed by atoms with Crippen molar-refractivity contribution in [1.82, 2.24) is 0 Å². The van der Waals surface area contributed by atoms with Crippen LogP contribution < -0.4 is 10.5 Å². The topological polar surface area (TPSA) is 78.6 Å². The maximum Gasteiger partial charge on any atom is 0.255 e. The first-order chi connectivity index (χ1) is 8.06. The molecule has 0 saturated heterocycles. The van der Waals surface area contributed by atoms with Gasteiger partial charge in [0.1, 0.15) is 30.3 Å². The number of hydrogen-bond donors (Lipinski definition) is 1. The molecule has 0 fully saturated rings. The summed E-state index contributed by atoms with van der Waals surface area (Å²) in [4.78, 5) is 22.1. The molecule has 0 spiro atoms. The van der Waals surface area contributed by atoms with Crippen molar-refractivity contribution in [2.45, 2.75) is 0 Å². The third-order valence-corrected chi connectivity index (χ3v) is 1.92. The number of primary amides is 1. The van der Waals surface area contributed by atoms with Crippen molar-refractivity contribution >= 4 is 11.7 Å². The number of hydrogen-bond acceptors (Lipinski definition) is 4. The maximum absolute atomic E-state index is 13.3. The summed E-state index contributed by atoms with van der Waals surface area (Å²) in [5, 5.41) is 0. The molecule has 0 aliphatic heterocycles. The summed E-state index contributed by atoms with van der Waals surface area (Å²) in [6.07, 6.45) is 0. The Kier molecular flexibility index (Phi) is 4.59. The molecule has 2 N–H and O–H groups in total. The minimum Gasteiger partial charge on any atom is -0.485 e. The summed E-state index contributed by atoms with van der Waals surface area (Å²) >= 11 is 0. The SMILES string of the molecule is COCC(=O)COc1cccc(F)c1C(N)=O. The average Bonchev–Trinajstić information content (AvgIpc) is 2.26. The number of carbonyl (C=O) groups is 2. The first kappa shape index (κ1) is 13.1. The van der Waals surface area contributed by atoms with E-state index in [0.717, 1.165) is 6.07 Å². The molecule has 0 radical (unpaired) electrons. The Balaban J connectivity index is 2.81. The molecule has 0 bridgehead atoms. The molecule has 0 unspecified atom stereocenters. The van der Waals surface area contributed by atoms with Gasteiger partial charge in [0.05, 0.1) is 0 Å². The highest BCUT2D eigenvalue weighted by atomic mass is 19.1. The lowest BCUT2D eigenvalue weighted by Gasteiger charge is -2.09. The predicted molar refractivity (Wildman–Crippen MR) is 57.3 cm³/mol. The molecule has 0 saturated carbocycles. The van der Waals surface area contributed by atoms with Gasteiger partial charge in [0, 0.05) is 7.11 Å². The Labute approximate surface area is 97.3 Å². The molecule has 1 aromatic carbocycles. The molecule has 1 rings (SSSR count). The Morgan fingerprint density at radius 3 is 2.65 bits per heavy atom. The van der Waals surface area contributed by atoms with Crippen LogP contribution in [0.15, 0.2) is 18.2 Å². The van der Waals surface area contributed by atoms with Gasteiger partial charge in [-0.05, 0) is 12.1 Å². The molecule has 0 aliphatic rings. The Bertz CT molecular complexity index is 433. The second-order valence-corrected chi connectivity index (χ2v) is 3.24. The van der Waals surface area contributed by atoms with Gasteiger partial charge in [0.15, 0.2) is 5.78 Å². The van der Waals surface area contributed by atoms with E-state index in [2.05, 4.69) is 4.74 Å². The molecule has 1 amide bonds. The van der Waals surface area contributed by atoms with Crippen LogP contribution in [0.2, 0.25) is 0 Å². The molecule has 0 aromatic heterocycles. The van der Waals surface area contributed by atoms with Gasteiger partial charge in [-0.2, -0.15) is 0 Å². The fraction of sp³-hybridized carbons (Fsp3) is 0.273. The van der Waals surface area contributed by atoms with Gasteiger partial charge in [0.25, 0.3) is 5.91 Å². The van der Waals surface area contributed by atoms with Gasteiger partial charge in [-0.25, -0.2) is 4.39 Å². The van der Waals surface area contributed by atoms with E-state index in [1.54, 1.807) is 0 Å². The first-order valence-corrected chi connectivity index (χ1v) is 4.78. The number of Topliss-reactive ketones (excluding diaryl/α,β-unsaturated/α-hetero) is 1. The van der Waals surface area contributed by atoms with E-state index in [9.17, 15) is 14.0 Å². The lowest BCUT2D eigenvalue weighted by Crippen LogP contribution is -2.19. The zero-order valence-corrected chi connectivity index (χ0v) is 9.23. The molecule has 5 nitrogen and oxygen atoms in total. The Morgan fingerprint density at radius 2 is 2.06 bits per heavy atom. The summed E-state index contributed by atoms with van der Waals surface area (Å²) in [5.74, 6) is -2.11. The van der Waals surface area contributed by atoms with Crippen LogP contribution in [0, 0.1) is 5.82 Å². The lowest BCUT2D eigenvalue weighted by molar-refractivity contribution is -0.124. The van der Waals surface area contributed by atoms with Crippen molar-refractivity contribution in [2.24, 2.45) is 5.73 Å². The standard InChI is InChI=1S/C11H12FNO4/c1-16-5-7(14)6-17-9-4-2-3-8(12)10(9)11(13)15/h2-4H,5-6H2,1H3,(H2,13,15). The summed E-state index contributed by atoms with van der Waals surface area (Å²) in [6, 6.07) is 3.81. The highest BCUT2D eigenvalue weighted by Crippen LogP contribution is 2.20. The van der Waals surface area contributed by atoms with Gasteiger partial charge in [0.2, 0.25) is 0 Å². The number of carbonyl (C=O) groups excluding carboxylic acids is 2. The number of benzene rings is 1. The number of nitrogens with two attached hydrogens (primary N) is 1. The van der Waals surface area contributed by atoms with Gasteiger partial charge < -0.3 is 15.2 Å². The van der Waals surface area contributed by atoms with Crippen LogP contribution in [0.3, 0.4) is 0 Å². The number of ether oxygens (including phenoxy) is 2. The van der Waals surface area contributed by atoms with Crippen LogP contribution in [0.5, 0.6) is 5.75 Å². The molecule has 0 aliphatic carbocycles. The number of amides is 1.